The van der Waals surface area contributed by atoms with Gasteiger partial charge in [-0.2, -0.15) is 0 Å². The van der Waals surface area contributed by atoms with Gasteiger partial charge in [-0.1, -0.05) is 12.2 Å². The quantitative estimate of drug-likeness (QED) is 0.743. The molecule has 1 heterocycles. The van der Waals surface area contributed by atoms with Gasteiger partial charge in [-0.25, -0.2) is 0 Å². The predicted octanol–water partition coefficient (Wildman–Crippen LogP) is 0.230. The summed E-state index contributed by atoms with van der Waals surface area (Å²) in [5.74, 6) is 0.0466. The molecule has 0 aliphatic carbocycles. The summed E-state index contributed by atoms with van der Waals surface area (Å²) < 4.78 is 5.05. The maximum absolute atomic E-state index is 12.0. The van der Waals surface area contributed by atoms with Crippen molar-refractivity contribution in [2.24, 2.45) is 5.73 Å². The van der Waals surface area contributed by atoms with E-state index in [2.05, 4.69) is 4.90 Å². The molecule has 1 unspecified atom stereocenters. The number of amides is 1. The Hall–Kier alpha value is -0.720. The fourth-order valence-electron chi connectivity index (χ4n) is 2.00. The molecule has 0 bridgehead atoms. The minimum absolute atomic E-state index is 0.0466. The van der Waals surface area contributed by atoms with E-state index in [0.29, 0.717) is 18.1 Å². The standard InChI is InChI=1S/C12H23N3O2S/c1-9(17-4)10(16)14-5-7-15(8-6-14)12(2,3)11(13)18/h9H,5-8H2,1-4H3,(H2,13,18). The predicted molar refractivity (Wildman–Crippen MR) is 75.5 cm³/mol. The van der Waals surface area contributed by atoms with Crippen molar-refractivity contribution < 1.29 is 9.53 Å². The number of piperazine rings is 1. The number of carbonyl (C=O) groups excluding carboxylic acids is 1. The second kappa shape index (κ2) is 5.95. The minimum atomic E-state index is -0.375. The molecule has 0 radical (unpaired) electrons. The van der Waals surface area contributed by atoms with Crippen molar-refractivity contribution >= 4 is 23.1 Å². The van der Waals surface area contributed by atoms with Crippen LogP contribution in [0.1, 0.15) is 20.8 Å². The molecule has 0 aromatic heterocycles. The third-order valence-corrected chi connectivity index (χ3v) is 4.19. The van der Waals surface area contributed by atoms with Crippen LogP contribution in [0.15, 0.2) is 0 Å². The second-order valence-electron chi connectivity index (χ2n) is 5.11. The normalized spacial score (nSPS) is 19.7. The molecular weight excluding hydrogens is 250 g/mol. The van der Waals surface area contributed by atoms with Gasteiger partial charge in [0.2, 0.25) is 0 Å². The molecule has 1 saturated heterocycles. The molecule has 2 N–H and O–H groups in total. The maximum Gasteiger partial charge on any atom is 0.251 e. The minimum Gasteiger partial charge on any atom is -0.392 e. The number of carbonyl (C=O) groups is 1. The van der Waals surface area contributed by atoms with Crippen molar-refractivity contribution in [3.8, 4) is 0 Å². The average Bonchev–Trinajstić information content (AvgIpc) is 2.36. The molecule has 1 rings (SSSR count). The van der Waals surface area contributed by atoms with Gasteiger partial charge < -0.3 is 15.4 Å². The van der Waals surface area contributed by atoms with Gasteiger partial charge in [-0.05, 0) is 20.8 Å². The summed E-state index contributed by atoms with van der Waals surface area (Å²) >= 11 is 5.09. The Kier molecular flexibility index (Phi) is 5.07. The van der Waals surface area contributed by atoms with Crippen LogP contribution in [0.25, 0.3) is 0 Å². The number of hydrogen-bond donors (Lipinski definition) is 1. The summed E-state index contributed by atoms with van der Waals surface area (Å²) in [7, 11) is 1.55. The van der Waals surface area contributed by atoms with Crippen molar-refractivity contribution in [3.63, 3.8) is 0 Å². The van der Waals surface area contributed by atoms with Crippen molar-refractivity contribution in [1.29, 1.82) is 0 Å². The highest BCUT2D eigenvalue weighted by atomic mass is 32.1. The fraction of sp³-hybridized carbons (Fsp3) is 0.833. The highest BCUT2D eigenvalue weighted by Gasteiger charge is 2.34. The van der Waals surface area contributed by atoms with Crippen LogP contribution in [0.5, 0.6) is 0 Å². The molecule has 6 heteroatoms. The Morgan fingerprint density at radius 2 is 1.83 bits per heavy atom. The van der Waals surface area contributed by atoms with E-state index in [-0.39, 0.29) is 17.6 Å². The molecule has 5 nitrogen and oxygen atoms in total. The topological polar surface area (TPSA) is 58.8 Å². The third kappa shape index (κ3) is 3.18. The molecule has 0 saturated carbocycles. The lowest BCUT2D eigenvalue weighted by molar-refractivity contribution is -0.143. The van der Waals surface area contributed by atoms with Gasteiger partial charge in [0.05, 0.1) is 10.5 Å². The first-order chi connectivity index (χ1) is 8.30. The number of hydrogen-bond acceptors (Lipinski definition) is 4. The number of methoxy groups -OCH3 is 1. The van der Waals surface area contributed by atoms with Crippen LogP contribution in [0, 0.1) is 0 Å². The molecule has 104 valence electrons. The van der Waals surface area contributed by atoms with E-state index in [0.717, 1.165) is 13.1 Å². The van der Waals surface area contributed by atoms with Crippen LogP contribution >= 0.6 is 12.2 Å². The van der Waals surface area contributed by atoms with E-state index in [1.54, 1.807) is 14.0 Å². The molecule has 1 aliphatic rings. The van der Waals surface area contributed by atoms with E-state index in [9.17, 15) is 4.79 Å². The van der Waals surface area contributed by atoms with Crippen LogP contribution in [-0.2, 0) is 9.53 Å². The smallest absolute Gasteiger partial charge is 0.251 e. The molecule has 0 aromatic carbocycles. The van der Waals surface area contributed by atoms with Crippen LogP contribution in [0.4, 0.5) is 0 Å². The summed E-state index contributed by atoms with van der Waals surface area (Å²) in [5, 5.41) is 0. The Morgan fingerprint density at radius 3 is 2.22 bits per heavy atom. The molecule has 1 atom stereocenters. The number of nitrogens with two attached hydrogens (primary N) is 1. The molecule has 0 aromatic rings. The van der Waals surface area contributed by atoms with Crippen LogP contribution in [0.2, 0.25) is 0 Å². The third-order valence-electron chi connectivity index (χ3n) is 3.69. The molecule has 18 heavy (non-hydrogen) atoms. The Labute approximate surface area is 114 Å². The van der Waals surface area contributed by atoms with Crippen LogP contribution in [-0.4, -0.2) is 65.6 Å². The lowest BCUT2D eigenvalue weighted by Gasteiger charge is -2.43. The van der Waals surface area contributed by atoms with E-state index >= 15 is 0 Å². The Balaban J connectivity index is 2.56. The lowest BCUT2D eigenvalue weighted by Crippen LogP contribution is -2.60. The number of ether oxygens (including phenoxy) is 1. The lowest BCUT2D eigenvalue weighted by atomic mass is 10.0. The number of rotatable bonds is 4. The average molecular weight is 273 g/mol. The van der Waals surface area contributed by atoms with E-state index < -0.39 is 0 Å². The molecule has 1 fully saturated rings. The molecule has 1 amide bonds. The zero-order chi connectivity index (χ0) is 13.9. The number of nitrogens with zero attached hydrogens (tertiary/aromatic N) is 2. The van der Waals surface area contributed by atoms with Crippen molar-refractivity contribution in [3.05, 3.63) is 0 Å². The highest BCUT2D eigenvalue weighted by molar-refractivity contribution is 7.80. The molecular formula is C12H23N3O2S. The summed E-state index contributed by atoms with van der Waals surface area (Å²) in [6.07, 6.45) is -0.375. The zero-order valence-electron chi connectivity index (χ0n) is 11.6. The molecule has 0 spiro atoms. The SMILES string of the molecule is COC(C)C(=O)N1CCN(C(C)(C)C(N)=S)CC1. The van der Waals surface area contributed by atoms with Gasteiger partial charge in [0.1, 0.15) is 6.10 Å². The van der Waals surface area contributed by atoms with E-state index in [1.165, 1.54) is 0 Å². The monoisotopic (exact) mass is 273 g/mol. The van der Waals surface area contributed by atoms with Gasteiger partial charge in [0.25, 0.3) is 5.91 Å². The van der Waals surface area contributed by atoms with Gasteiger partial charge >= 0.3 is 0 Å². The first-order valence-electron chi connectivity index (χ1n) is 6.17. The first-order valence-corrected chi connectivity index (χ1v) is 6.58. The van der Waals surface area contributed by atoms with Crippen molar-refractivity contribution in [2.75, 3.05) is 33.3 Å². The summed E-state index contributed by atoms with van der Waals surface area (Å²) in [6, 6.07) is 0. The number of thiocarbonyl (C=S) groups is 1. The van der Waals surface area contributed by atoms with Crippen molar-refractivity contribution in [2.45, 2.75) is 32.4 Å². The van der Waals surface area contributed by atoms with Crippen molar-refractivity contribution in [1.82, 2.24) is 9.80 Å². The fourth-order valence-corrected chi connectivity index (χ4v) is 2.13. The molecule has 1 aliphatic heterocycles. The maximum atomic E-state index is 12.0. The van der Waals surface area contributed by atoms with Gasteiger partial charge in [0, 0.05) is 33.3 Å². The van der Waals surface area contributed by atoms with E-state index in [1.807, 2.05) is 18.7 Å². The van der Waals surface area contributed by atoms with Gasteiger partial charge in [0.15, 0.2) is 0 Å². The second-order valence-corrected chi connectivity index (χ2v) is 5.55. The zero-order valence-corrected chi connectivity index (χ0v) is 12.4. The first kappa shape index (κ1) is 15.3. The summed E-state index contributed by atoms with van der Waals surface area (Å²) in [5.41, 5.74) is 5.46. The summed E-state index contributed by atoms with van der Waals surface area (Å²) in [4.78, 5) is 16.5. The largest absolute Gasteiger partial charge is 0.392 e. The van der Waals surface area contributed by atoms with E-state index in [4.69, 9.17) is 22.7 Å². The Morgan fingerprint density at radius 1 is 1.33 bits per heavy atom. The highest BCUT2D eigenvalue weighted by Crippen LogP contribution is 2.17. The van der Waals surface area contributed by atoms with Crippen LogP contribution in [0.3, 0.4) is 0 Å². The van der Waals surface area contributed by atoms with Gasteiger partial charge in [-0.15, -0.1) is 0 Å². The Bertz CT molecular complexity index is 325. The summed E-state index contributed by atoms with van der Waals surface area (Å²) in [6.45, 7) is 8.76. The van der Waals surface area contributed by atoms with Crippen LogP contribution < -0.4 is 5.73 Å². The van der Waals surface area contributed by atoms with Gasteiger partial charge in [-0.3, -0.25) is 9.69 Å².